The number of hydrogen-bond donors (Lipinski definition) is 1. The van der Waals surface area contributed by atoms with Crippen molar-refractivity contribution in [1.29, 1.82) is 0 Å². The van der Waals surface area contributed by atoms with Crippen molar-refractivity contribution in [3.63, 3.8) is 0 Å². The molecule has 0 saturated carbocycles. The van der Waals surface area contributed by atoms with Gasteiger partial charge >= 0.3 is 0 Å². The summed E-state index contributed by atoms with van der Waals surface area (Å²) in [6, 6.07) is 34.0. The molecule has 5 aromatic rings. The predicted molar refractivity (Wildman–Crippen MR) is 170 cm³/mol. The molecule has 0 fully saturated rings. The molecule has 0 aliphatic carbocycles. The molecule has 0 aliphatic heterocycles. The van der Waals surface area contributed by atoms with Crippen LogP contribution in [-0.4, -0.2) is 5.11 Å². The Labute approximate surface area is 237 Å². The van der Waals surface area contributed by atoms with E-state index in [0.29, 0.717) is 11.3 Å². The van der Waals surface area contributed by atoms with Crippen LogP contribution in [0.4, 0.5) is 0 Å². The molecular weight excluding hydrogens is 515 g/mol. The summed E-state index contributed by atoms with van der Waals surface area (Å²) in [7, 11) is 0. The van der Waals surface area contributed by atoms with Crippen molar-refractivity contribution in [2.75, 3.05) is 0 Å². The molecule has 196 valence electrons. The third kappa shape index (κ3) is 4.93. The van der Waals surface area contributed by atoms with Gasteiger partial charge in [0, 0.05) is 21.7 Å². The molecule has 0 aliphatic rings. The molecule has 0 amide bonds. The van der Waals surface area contributed by atoms with Crippen LogP contribution < -0.4 is 15.1 Å². The highest BCUT2D eigenvalue weighted by molar-refractivity contribution is 8.19. The van der Waals surface area contributed by atoms with Gasteiger partial charge in [-0.3, -0.25) is 0 Å². The minimum Gasteiger partial charge on any atom is -0.507 e. The lowest BCUT2D eigenvalue weighted by molar-refractivity contribution is 0.476. The summed E-state index contributed by atoms with van der Waals surface area (Å²) in [5.41, 5.74) is 9.57. The van der Waals surface area contributed by atoms with E-state index in [9.17, 15) is 5.11 Å². The molecule has 0 radical (unpaired) electrons. The van der Waals surface area contributed by atoms with Crippen molar-refractivity contribution in [3.8, 4) is 33.8 Å². The number of aromatic hydroxyl groups is 1. The van der Waals surface area contributed by atoms with Gasteiger partial charge < -0.3 is 9.63 Å². The van der Waals surface area contributed by atoms with Gasteiger partial charge in [-0.25, -0.2) is 0 Å². The van der Waals surface area contributed by atoms with Gasteiger partial charge in [-0.15, -0.1) is 0 Å². The second kappa shape index (κ2) is 10.8. The van der Waals surface area contributed by atoms with Crippen molar-refractivity contribution in [1.82, 2.24) is 0 Å². The molecule has 5 aromatic carbocycles. The average Bonchev–Trinajstić information content (AvgIpc) is 2.97. The van der Waals surface area contributed by atoms with Gasteiger partial charge in [0.2, 0.25) is 0 Å². The van der Waals surface area contributed by atoms with Crippen LogP contribution in [0, 0.1) is 34.6 Å². The van der Waals surface area contributed by atoms with E-state index in [-0.39, 0.29) is 5.75 Å². The summed E-state index contributed by atoms with van der Waals surface area (Å²) in [6.07, 6.45) is -2.82. The number of phenolic OH excluding ortho intramolecular Hbond substituents is 1. The number of rotatable bonds is 6. The van der Waals surface area contributed by atoms with E-state index < -0.39 is 6.26 Å². The van der Waals surface area contributed by atoms with Gasteiger partial charge in [0.25, 0.3) is 0 Å². The highest BCUT2D eigenvalue weighted by atomic mass is 32.4. The van der Waals surface area contributed by atoms with Crippen molar-refractivity contribution < 1.29 is 9.63 Å². The third-order valence-corrected chi connectivity index (χ3v) is 11.9. The number of benzene rings is 5. The van der Waals surface area contributed by atoms with Crippen LogP contribution in [0.3, 0.4) is 0 Å². The maximum absolute atomic E-state index is 11.2. The Morgan fingerprint density at radius 3 is 1.51 bits per heavy atom. The summed E-state index contributed by atoms with van der Waals surface area (Å²) >= 11 is 6.68. The Hall–Kier alpha value is -3.65. The van der Waals surface area contributed by atoms with Crippen molar-refractivity contribution in [3.05, 3.63) is 131 Å². The van der Waals surface area contributed by atoms with E-state index in [0.717, 1.165) is 27.3 Å². The smallest absolute Gasteiger partial charge is 0.171 e. The van der Waals surface area contributed by atoms with Crippen molar-refractivity contribution in [2.45, 2.75) is 34.6 Å². The number of phenols is 1. The molecule has 0 unspecified atom stereocenters. The highest BCUT2D eigenvalue weighted by Gasteiger charge is 2.32. The molecule has 0 heterocycles. The number of hydrogen-bond acceptors (Lipinski definition) is 3. The van der Waals surface area contributed by atoms with E-state index in [4.69, 9.17) is 16.3 Å². The van der Waals surface area contributed by atoms with Crippen LogP contribution in [0.15, 0.2) is 103 Å². The van der Waals surface area contributed by atoms with Gasteiger partial charge in [0.05, 0.1) is 0 Å². The topological polar surface area (TPSA) is 29.5 Å². The first-order valence-corrected chi connectivity index (χ1v) is 15.8. The maximum atomic E-state index is 11.2. The van der Waals surface area contributed by atoms with Gasteiger partial charge in [-0.1, -0.05) is 91.0 Å². The standard InChI is InChI=1S/C35H33O2PS/c1-23-24(2)26(4)35(27(5)25(23)3)38(39,30-19-13-8-14-20-30)37-34-22-31(28-15-9-6-10-16-28)33(36)21-32(34)29-17-11-7-12-18-29/h6-22,36H,1-5H3/t38-/m1/s1. The Balaban J connectivity index is 1.82. The molecule has 0 spiro atoms. The molecule has 2 nitrogen and oxygen atoms in total. The highest BCUT2D eigenvalue weighted by Crippen LogP contribution is 2.52. The lowest BCUT2D eigenvalue weighted by atomic mass is 9.95. The van der Waals surface area contributed by atoms with Gasteiger partial charge in [0.1, 0.15) is 11.5 Å². The SMILES string of the molecule is Cc1c(C)c(C)c([P@@](=S)(Oc2cc(-c3ccccc3)c(O)cc2-c2ccccc2)c2ccccc2)c(C)c1C. The lowest BCUT2D eigenvalue weighted by Crippen LogP contribution is -2.26. The molecule has 1 N–H and O–H groups in total. The van der Waals surface area contributed by atoms with E-state index >= 15 is 0 Å². The fraction of sp³-hybridized carbons (Fsp3) is 0.143. The zero-order chi connectivity index (χ0) is 27.7. The first-order valence-electron chi connectivity index (χ1n) is 13.1. The second-order valence-corrected chi connectivity index (χ2v) is 13.8. The zero-order valence-corrected chi connectivity index (χ0v) is 24.7. The summed E-state index contributed by atoms with van der Waals surface area (Å²) in [4.78, 5) is 0. The fourth-order valence-electron chi connectivity index (χ4n) is 5.25. The van der Waals surface area contributed by atoms with E-state index in [2.05, 4.69) is 46.8 Å². The van der Waals surface area contributed by atoms with Crippen molar-refractivity contribution >= 4 is 28.7 Å². The minimum atomic E-state index is -2.82. The molecule has 39 heavy (non-hydrogen) atoms. The average molecular weight is 549 g/mol. The van der Waals surface area contributed by atoms with Gasteiger partial charge in [-0.05, 0) is 97.5 Å². The Bertz CT molecular complexity index is 1670. The first-order chi connectivity index (χ1) is 18.7. The summed E-state index contributed by atoms with van der Waals surface area (Å²) in [5.74, 6) is 0.870. The minimum absolute atomic E-state index is 0.204. The van der Waals surface area contributed by atoms with Crippen LogP contribution in [0.5, 0.6) is 11.5 Å². The van der Waals surface area contributed by atoms with Crippen LogP contribution >= 0.6 is 6.26 Å². The monoisotopic (exact) mass is 548 g/mol. The normalized spacial score (nSPS) is 12.6. The largest absolute Gasteiger partial charge is 0.507 e. The zero-order valence-electron chi connectivity index (χ0n) is 23.0. The molecule has 1 atom stereocenters. The lowest BCUT2D eigenvalue weighted by Gasteiger charge is -2.31. The Morgan fingerprint density at radius 2 is 1.00 bits per heavy atom. The Morgan fingerprint density at radius 1 is 0.564 bits per heavy atom. The molecule has 0 aromatic heterocycles. The first kappa shape index (κ1) is 26.9. The van der Waals surface area contributed by atoms with Crippen LogP contribution in [0.1, 0.15) is 27.8 Å². The molecule has 4 heteroatoms. The van der Waals surface area contributed by atoms with Gasteiger partial charge in [-0.2, -0.15) is 0 Å². The summed E-state index contributed by atoms with van der Waals surface area (Å²) < 4.78 is 7.20. The van der Waals surface area contributed by atoms with E-state index in [1.54, 1.807) is 0 Å². The molecule has 5 rings (SSSR count). The van der Waals surface area contributed by atoms with Crippen molar-refractivity contribution in [2.24, 2.45) is 0 Å². The Kier molecular flexibility index (Phi) is 7.49. The maximum Gasteiger partial charge on any atom is 0.171 e. The van der Waals surface area contributed by atoms with Crippen LogP contribution in [0.2, 0.25) is 0 Å². The summed E-state index contributed by atoms with van der Waals surface area (Å²) in [6.45, 7) is 10.9. The summed E-state index contributed by atoms with van der Waals surface area (Å²) in [5, 5.41) is 13.3. The fourth-order valence-corrected chi connectivity index (χ4v) is 9.34. The second-order valence-electron chi connectivity index (χ2n) is 10.0. The van der Waals surface area contributed by atoms with Crippen LogP contribution in [-0.2, 0) is 11.8 Å². The van der Waals surface area contributed by atoms with Crippen LogP contribution in [0.25, 0.3) is 22.3 Å². The third-order valence-electron chi connectivity index (χ3n) is 7.85. The molecular formula is C35H33O2PS. The van der Waals surface area contributed by atoms with E-state index in [1.807, 2.05) is 91.0 Å². The predicted octanol–water partition coefficient (Wildman–Crippen LogP) is 8.69. The molecule has 0 bridgehead atoms. The van der Waals surface area contributed by atoms with E-state index in [1.165, 1.54) is 27.8 Å². The molecule has 0 saturated heterocycles. The van der Waals surface area contributed by atoms with Gasteiger partial charge in [0.15, 0.2) is 6.26 Å². The quantitative estimate of drug-likeness (QED) is 0.215.